The van der Waals surface area contributed by atoms with Gasteiger partial charge in [-0.05, 0) is 62.7 Å². The number of aromatic nitrogens is 3. The van der Waals surface area contributed by atoms with Crippen LogP contribution < -0.4 is 0 Å². The third-order valence-electron chi connectivity index (χ3n) is 7.21. The zero-order valence-corrected chi connectivity index (χ0v) is 16.5. The first-order valence-corrected chi connectivity index (χ1v) is 11.1. The molecule has 25 heavy (non-hydrogen) atoms. The number of rotatable bonds is 1. The molecule has 0 N–H and O–H groups in total. The van der Waals surface area contributed by atoms with Crippen LogP contribution in [0.15, 0.2) is 0 Å². The van der Waals surface area contributed by atoms with E-state index in [4.69, 9.17) is 10.2 Å². The van der Waals surface area contributed by atoms with Gasteiger partial charge in [0, 0.05) is 18.4 Å². The highest BCUT2D eigenvalue weighted by Gasteiger charge is 2.48. The fourth-order valence-electron chi connectivity index (χ4n) is 6.56. The maximum Gasteiger partial charge on any atom is 0.139 e. The molecule has 3 heteroatoms. The number of hydrogen-bond acceptors (Lipinski definition) is 2. The smallest absolute Gasteiger partial charge is 0.139 e. The van der Waals surface area contributed by atoms with Gasteiger partial charge in [0.15, 0.2) is 0 Å². The lowest BCUT2D eigenvalue weighted by Gasteiger charge is -2.49. The van der Waals surface area contributed by atoms with E-state index in [2.05, 4.69) is 18.4 Å². The monoisotopic (exact) mass is 343 g/mol. The van der Waals surface area contributed by atoms with Gasteiger partial charge in [-0.25, -0.2) is 0 Å². The van der Waals surface area contributed by atoms with Crippen LogP contribution in [-0.4, -0.2) is 14.8 Å². The summed E-state index contributed by atoms with van der Waals surface area (Å²) in [6, 6.07) is 0. The quantitative estimate of drug-likeness (QED) is 0.658. The van der Waals surface area contributed by atoms with Crippen molar-refractivity contribution < 1.29 is 0 Å². The van der Waals surface area contributed by atoms with Crippen LogP contribution in [0.25, 0.3) is 0 Å². The van der Waals surface area contributed by atoms with E-state index in [9.17, 15) is 0 Å². The Balaban J connectivity index is 1.66. The van der Waals surface area contributed by atoms with Crippen LogP contribution in [0.2, 0.25) is 0 Å². The molecule has 1 aliphatic heterocycles. The Morgan fingerprint density at radius 2 is 1.44 bits per heavy atom. The maximum atomic E-state index is 4.88. The lowest BCUT2D eigenvalue weighted by molar-refractivity contribution is 0.0689. The molecule has 1 aromatic heterocycles. The van der Waals surface area contributed by atoms with E-state index < -0.39 is 0 Å². The molecule has 3 nitrogen and oxygen atoms in total. The van der Waals surface area contributed by atoms with Crippen LogP contribution in [-0.2, 0) is 18.4 Å². The molecular weight excluding hydrogens is 306 g/mol. The molecule has 3 aliphatic rings. The normalized spacial score (nSPS) is 37.1. The number of nitrogens with zero attached hydrogens (tertiary/aromatic N) is 3. The van der Waals surface area contributed by atoms with Crippen molar-refractivity contribution in [1.29, 1.82) is 0 Å². The molecule has 2 fully saturated rings. The molecule has 1 aromatic rings. The Bertz CT molecular complexity index is 556. The topological polar surface area (TPSA) is 30.7 Å². The molecule has 0 spiro atoms. The molecular formula is C22H37N3. The van der Waals surface area contributed by atoms with E-state index >= 15 is 0 Å². The van der Waals surface area contributed by atoms with Crippen molar-refractivity contribution in [3.63, 3.8) is 0 Å². The van der Waals surface area contributed by atoms with Crippen molar-refractivity contribution in [3.05, 3.63) is 11.6 Å². The second-order valence-corrected chi connectivity index (χ2v) is 9.76. The maximum absolute atomic E-state index is 4.88. The highest BCUT2D eigenvalue weighted by molar-refractivity contribution is 5.16. The minimum absolute atomic E-state index is 0.325. The van der Waals surface area contributed by atoms with Gasteiger partial charge in [-0.3, -0.25) is 0 Å². The van der Waals surface area contributed by atoms with Gasteiger partial charge in [-0.1, -0.05) is 46.0 Å². The summed E-state index contributed by atoms with van der Waals surface area (Å²) in [7, 11) is 0. The van der Waals surface area contributed by atoms with Crippen LogP contribution in [0.3, 0.4) is 0 Å². The number of aryl methyl sites for hydroxylation is 1. The molecule has 0 radical (unpaired) electrons. The Hall–Kier alpha value is -0.860. The summed E-state index contributed by atoms with van der Waals surface area (Å²) in [4.78, 5) is 0. The van der Waals surface area contributed by atoms with Crippen LogP contribution >= 0.6 is 0 Å². The zero-order chi connectivity index (χ0) is 17.3. The predicted molar refractivity (Wildman–Crippen MR) is 103 cm³/mol. The van der Waals surface area contributed by atoms with E-state index in [1.54, 1.807) is 0 Å². The van der Waals surface area contributed by atoms with Gasteiger partial charge in [-0.15, -0.1) is 10.2 Å². The third-order valence-corrected chi connectivity index (χ3v) is 7.21. The summed E-state index contributed by atoms with van der Waals surface area (Å²) in [6.45, 7) is 6.11. The standard InChI is InChI=1S/C22H37N3/c1-17-12-19-13-18(2)15-22(14-17,16-19)21-24-23-20-10-8-6-4-3-5-7-9-11-25(20)21/h17-19H,3-16H2,1-2H3. The summed E-state index contributed by atoms with van der Waals surface area (Å²) in [6.07, 6.45) is 17.6. The van der Waals surface area contributed by atoms with E-state index in [1.165, 1.54) is 88.7 Å². The molecule has 2 aliphatic carbocycles. The average molecular weight is 344 g/mol. The minimum Gasteiger partial charge on any atom is -0.315 e. The molecule has 2 saturated carbocycles. The fraction of sp³-hybridized carbons (Fsp3) is 0.909. The Morgan fingerprint density at radius 3 is 2.16 bits per heavy atom. The second-order valence-electron chi connectivity index (χ2n) is 9.76. The highest BCUT2D eigenvalue weighted by Crippen LogP contribution is 2.53. The van der Waals surface area contributed by atoms with Gasteiger partial charge in [0.05, 0.1) is 0 Å². The largest absolute Gasteiger partial charge is 0.315 e. The fourth-order valence-corrected chi connectivity index (χ4v) is 6.56. The van der Waals surface area contributed by atoms with Crippen molar-refractivity contribution in [2.75, 3.05) is 0 Å². The van der Waals surface area contributed by atoms with Crippen LogP contribution in [0.5, 0.6) is 0 Å². The average Bonchev–Trinajstić information content (AvgIpc) is 2.93. The predicted octanol–water partition coefficient (Wildman–Crippen LogP) is 5.67. The number of fused-ring (bicyclic) bond motifs is 3. The zero-order valence-electron chi connectivity index (χ0n) is 16.5. The second kappa shape index (κ2) is 7.40. The van der Waals surface area contributed by atoms with Crippen molar-refractivity contribution in [3.8, 4) is 0 Å². The van der Waals surface area contributed by atoms with Gasteiger partial charge in [0.25, 0.3) is 0 Å². The summed E-state index contributed by atoms with van der Waals surface area (Å²) >= 11 is 0. The molecule has 2 heterocycles. The third kappa shape index (κ3) is 3.66. The van der Waals surface area contributed by atoms with Crippen LogP contribution in [0.4, 0.5) is 0 Å². The van der Waals surface area contributed by atoms with Crippen LogP contribution in [0.1, 0.15) is 103 Å². The van der Waals surface area contributed by atoms with Gasteiger partial charge >= 0.3 is 0 Å². The minimum atomic E-state index is 0.325. The molecule has 140 valence electrons. The molecule has 2 bridgehead atoms. The van der Waals surface area contributed by atoms with E-state index in [-0.39, 0.29) is 0 Å². The first-order chi connectivity index (χ1) is 12.2. The Morgan fingerprint density at radius 1 is 0.800 bits per heavy atom. The molecule has 2 unspecified atom stereocenters. The van der Waals surface area contributed by atoms with Gasteiger partial charge in [-0.2, -0.15) is 0 Å². The Kier molecular flexibility index (Phi) is 5.20. The van der Waals surface area contributed by atoms with Crippen molar-refractivity contribution >= 4 is 0 Å². The number of hydrogen-bond donors (Lipinski definition) is 0. The van der Waals surface area contributed by atoms with Crippen molar-refractivity contribution in [2.45, 2.75) is 109 Å². The summed E-state index contributed by atoms with van der Waals surface area (Å²) in [5.41, 5.74) is 0.325. The summed E-state index contributed by atoms with van der Waals surface area (Å²) in [5, 5.41) is 9.62. The van der Waals surface area contributed by atoms with Gasteiger partial charge < -0.3 is 4.57 Å². The molecule has 0 amide bonds. The lowest BCUT2D eigenvalue weighted by Crippen LogP contribution is -2.44. The Labute approximate surface area is 154 Å². The van der Waals surface area contributed by atoms with Crippen molar-refractivity contribution in [2.24, 2.45) is 17.8 Å². The highest BCUT2D eigenvalue weighted by atomic mass is 15.3. The van der Waals surface area contributed by atoms with E-state index in [0.717, 1.165) is 30.7 Å². The molecule has 4 rings (SSSR count). The summed E-state index contributed by atoms with van der Waals surface area (Å²) < 4.78 is 2.60. The lowest BCUT2D eigenvalue weighted by atomic mass is 9.56. The van der Waals surface area contributed by atoms with Gasteiger partial charge in [0.1, 0.15) is 11.6 Å². The molecule has 0 saturated heterocycles. The van der Waals surface area contributed by atoms with E-state index in [1.807, 2.05) is 0 Å². The van der Waals surface area contributed by atoms with Gasteiger partial charge in [0.2, 0.25) is 0 Å². The molecule has 2 atom stereocenters. The molecule has 0 aromatic carbocycles. The van der Waals surface area contributed by atoms with Crippen LogP contribution in [0, 0.1) is 17.8 Å². The summed E-state index contributed by atoms with van der Waals surface area (Å²) in [5.74, 6) is 5.29. The first kappa shape index (κ1) is 17.5. The SMILES string of the molecule is CC1CC2CC(C)CC(c3nnc4n3CCCCCCCCC4)(C1)C2. The van der Waals surface area contributed by atoms with Crippen molar-refractivity contribution in [1.82, 2.24) is 14.8 Å². The van der Waals surface area contributed by atoms with E-state index in [0.29, 0.717) is 5.41 Å². The first-order valence-electron chi connectivity index (χ1n) is 11.1.